The van der Waals surface area contributed by atoms with Gasteiger partial charge < -0.3 is 5.32 Å². The molecule has 0 unspecified atom stereocenters. The largest absolute Gasteiger partial charge is 0.319 e. The standard InChI is InChI=1S/C31H38Cl2N4/c1-34-20-23-4-10-36(11-5-23)21-24-14-25(16-28(15-24)29-17-30(32)19-31(33)18-29)22-37-12-6-27(7-13-37)26-2-8-35-9-3-26/h2-3,8-9,14-19,23,27,34H,4-7,10-13,20-22H2,1H3. The molecule has 2 aliphatic heterocycles. The molecule has 0 saturated carbocycles. The van der Waals surface area contributed by atoms with Gasteiger partial charge in [0.05, 0.1) is 0 Å². The lowest BCUT2D eigenvalue weighted by Crippen LogP contribution is -2.36. The predicted molar refractivity (Wildman–Crippen MR) is 155 cm³/mol. The number of rotatable bonds is 8. The van der Waals surface area contributed by atoms with Crippen molar-refractivity contribution in [1.29, 1.82) is 0 Å². The summed E-state index contributed by atoms with van der Waals surface area (Å²) in [6.45, 7) is 7.66. The summed E-state index contributed by atoms with van der Waals surface area (Å²) in [5.74, 6) is 1.44. The average molecular weight is 538 g/mol. The van der Waals surface area contributed by atoms with Crippen LogP contribution in [-0.4, -0.2) is 54.6 Å². The molecule has 1 aromatic heterocycles. The second-order valence-electron chi connectivity index (χ2n) is 10.8. The van der Waals surface area contributed by atoms with Crippen LogP contribution in [0.5, 0.6) is 0 Å². The Kier molecular flexibility index (Phi) is 9.17. The Bertz CT molecular complexity index is 1130. The molecular formula is C31H38Cl2N4. The summed E-state index contributed by atoms with van der Waals surface area (Å²) in [6, 6.07) is 17.3. The summed E-state index contributed by atoms with van der Waals surface area (Å²) in [6.07, 6.45) is 8.76. The van der Waals surface area contributed by atoms with Gasteiger partial charge in [-0.2, -0.15) is 0 Å². The molecule has 2 fully saturated rings. The molecule has 6 heteroatoms. The first-order chi connectivity index (χ1) is 18.1. The maximum Gasteiger partial charge on any atom is 0.0426 e. The van der Waals surface area contributed by atoms with Crippen LogP contribution in [0.4, 0.5) is 0 Å². The zero-order valence-electron chi connectivity index (χ0n) is 21.8. The van der Waals surface area contributed by atoms with Gasteiger partial charge in [-0.15, -0.1) is 0 Å². The number of nitrogens with one attached hydrogen (secondary N) is 1. The monoisotopic (exact) mass is 536 g/mol. The van der Waals surface area contributed by atoms with Gasteiger partial charge >= 0.3 is 0 Å². The molecule has 0 aliphatic carbocycles. The van der Waals surface area contributed by atoms with E-state index in [1.54, 1.807) is 6.07 Å². The highest BCUT2D eigenvalue weighted by Gasteiger charge is 2.22. The zero-order valence-corrected chi connectivity index (χ0v) is 23.3. The third kappa shape index (κ3) is 7.34. The molecule has 0 radical (unpaired) electrons. The van der Waals surface area contributed by atoms with Gasteiger partial charge in [-0.3, -0.25) is 14.8 Å². The number of aromatic nitrogens is 1. The molecule has 4 nitrogen and oxygen atoms in total. The average Bonchev–Trinajstić information content (AvgIpc) is 2.90. The minimum Gasteiger partial charge on any atom is -0.319 e. The van der Waals surface area contributed by atoms with Gasteiger partial charge in [-0.25, -0.2) is 0 Å². The highest BCUT2D eigenvalue weighted by atomic mass is 35.5. The van der Waals surface area contributed by atoms with E-state index in [2.05, 4.69) is 57.5 Å². The van der Waals surface area contributed by atoms with Crippen molar-refractivity contribution >= 4 is 23.2 Å². The van der Waals surface area contributed by atoms with Crippen molar-refractivity contribution in [2.75, 3.05) is 39.8 Å². The first-order valence-electron chi connectivity index (χ1n) is 13.6. The van der Waals surface area contributed by atoms with E-state index in [1.165, 1.54) is 47.9 Å². The maximum absolute atomic E-state index is 6.38. The molecule has 2 aliphatic rings. The fourth-order valence-electron chi connectivity index (χ4n) is 6.05. The number of halogens is 2. The summed E-state index contributed by atoms with van der Waals surface area (Å²) in [5, 5.41) is 4.71. The summed E-state index contributed by atoms with van der Waals surface area (Å²) in [4.78, 5) is 9.40. The number of piperidine rings is 2. The zero-order chi connectivity index (χ0) is 25.6. The maximum atomic E-state index is 6.38. The Morgan fingerprint density at radius 2 is 1.30 bits per heavy atom. The van der Waals surface area contributed by atoms with E-state index in [4.69, 9.17) is 23.2 Å². The molecule has 3 aromatic rings. The van der Waals surface area contributed by atoms with Crippen LogP contribution in [0.15, 0.2) is 60.9 Å². The van der Waals surface area contributed by atoms with Gasteiger partial charge in [0.15, 0.2) is 0 Å². The number of hydrogen-bond acceptors (Lipinski definition) is 4. The molecule has 0 atom stereocenters. The highest BCUT2D eigenvalue weighted by molar-refractivity contribution is 6.35. The minimum absolute atomic E-state index is 0.639. The first kappa shape index (κ1) is 26.6. The van der Waals surface area contributed by atoms with Crippen molar-refractivity contribution in [2.24, 2.45) is 5.92 Å². The molecule has 0 bridgehead atoms. The van der Waals surface area contributed by atoms with Crippen molar-refractivity contribution in [3.05, 3.63) is 87.7 Å². The third-order valence-corrected chi connectivity index (χ3v) is 8.46. The van der Waals surface area contributed by atoms with E-state index in [0.717, 1.165) is 57.3 Å². The van der Waals surface area contributed by atoms with Crippen LogP contribution in [0.1, 0.15) is 48.3 Å². The molecule has 37 heavy (non-hydrogen) atoms. The Hall–Kier alpha value is -1.95. The lowest BCUT2D eigenvalue weighted by Gasteiger charge is -2.33. The number of pyridine rings is 1. The Balaban J connectivity index is 1.31. The van der Waals surface area contributed by atoms with Crippen LogP contribution in [-0.2, 0) is 13.1 Å². The van der Waals surface area contributed by atoms with E-state index in [0.29, 0.717) is 16.0 Å². The van der Waals surface area contributed by atoms with Crippen molar-refractivity contribution in [1.82, 2.24) is 20.1 Å². The summed E-state index contributed by atoms with van der Waals surface area (Å²) < 4.78 is 0. The highest BCUT2D eigenvalue weighted by Crippen LogP contribution is 2.32. The van der Waals surface area contributed by atoms with Gasteiger partial charge in [0.2, 0.25) is 0 Å². The van der Waals surface area contributed by atoms with Crippen LogP contribution in [0.3, 0.4) is 0 Å². The van der Waals surface area contributed by atoms with Crippen molar-refractivity contribution in [3.8, 4) is 11.1 Å². The molecule has 196 valence electrons. The third-order valence-electron chi connectivity index (χ3n) is 8.03. The summed E-state index contributed by atoms with van der Waals surface area (Å²) >= 11 is 12.8. The van der Waals surface area contributed by atoms with E-state index in [9.17, 15) is 0 Å². The van der Waals surface area contributed by atoms with Crippen LogP contribution in [0.2, 0.25) is 10.0 Å². The molecule has 5 rings (SSSR count). The van der Waals surface area contributed by atoms with Crippen LogP contribution in [0.25, 0.3) is 11.1 Å². The molecule has 3 heterocycles. The quantitative estimate of drug-likeness (QED) is 0.340. The second-order valence-corrected chi connectivity index (χ2v) is 11.7. The lowest BCUT2D eigenvalue weighted by atomic mass is 9.90. The van der Waals surface area contributed by atoms with Crippen molar-refractivity contribution in [2.45, 2.75) is 44.7 Å². The Morgan fingerprint density at radius 1 is 0.757 bits per heavy atom. The van der Waals surface area contributed by atoms with E-state index in [1.807, 2.05) is 24.5 Å². The van der Waals surface area contributed by atoms with Crippen LogP contribution >= 0.6 is 23.2 Å². The topological polar surface area (TPSA) is 31.4 Å². The predicted octanol–water partition coefficient (Wildman–Crippen LogP) is 6.87. The van der Waals surface area contributed by atoms with Crippen molar-refractivity contribution < 1.29 is 0 Å². The molecular weight excluding hydrogens is 499 g/mol. The smallest absolute Gasteiger partial charge is 0.0426 e. The normalized spacial score (nSPS) is 18.4. The molecule has 2 saturated heterocycles. The number of benzene rings is 2. The molecule has 1 N–H and O–H groups in total. The molecule has 2 aromatic carbocycles. The lowest BCUT2D eigenvalue weighted by molar-refractivity contribution is 0.176. The van der Waals surface area contributed by atoms with E-state index in [-0.39, 0.29) is 0 Å². The fourth-order valence-corrected chi connectivity index (χ4v) is 6.57. The van der Waals surface area contributed by atoms with Crippen LogP contribution in [0, 0.1) is 5.92 Å². The summed E-state index contributed by atoms with van der Waals surface area (Å²) in [5.41, 5.74) is 6.46. The van der Waals surface area contributed by atoms with Gasteiger partial charge in [0.1, 0.15) is 0 Å². The van der Waals surface area contributed by atoms with Crippen LogP contribution < -0.4 is 5.32 Å². The van der Waals surface area contributed by atoms with Gasteiger partial charge in [-0.1, -0.05) is 29.3 Å². The van der Waals surface area contributed by atoms with E-state index >= 15 is 0 Å². The number of hydrogen-bond donors (Lipinski definition) is 1. The summed E-state index contributed by atoms with van der Waals surface area (Å²) in [7, 11) is 2.06. The van der Waals surface area contributed by atoms with Gasteiger partial charge in [0.25, 0.3) is 0 Å². The number of likely N-dealkylation sites (tertiary alicyclic amines) is 2. The van der Waals surface area contributed by atoms with Gasteiger partial charge in [0, 0.05) is 35.5 Å². The van der Waals surface area contributed by atoms with Gasteiger partial charge in [-0.05, 0) is 148 Å². The number of nitrogens with zero attached hydrogens (tertiary/aromatic N) is 3. The molecule has 0 amide bonds. The van der Waals surface area contributed by atoms with Crippen molar-refractivity contribution in [3.63, 3.8) is 0 Å². The second kappa shape index (κ2) is 12.7. The first-order valence-corrected chi connectivity index (χ1v) is 14.4. The minimum atomic E-state index is 0.639. The Morgan fingerprint density at radius 3 is 1.86 bits per heavy atom. The fraction of sp³-hybridized carbons (Fsp3) is 0.452. The molecule has 0 spiro atoms. The van der Waals surface area contributed by atoms with E-state index < -0.39 is 0 Å². The SMILES string of the molecule is CNCC1CCN(Cc2cc(CN3CCC(c4ccncc4)CC3)cc(-c3cc(Cl)cc(Cl)c3)c2)CC1. The Labute approximate surface area is 232 Å².